The molecule has 0 aromatic rings. The average Bonchev–Trinajstić information content (AvgIpc) is 2.70. The summed E-state index contributed by atoms with van der Waals surface area (Å²) in [6, 6.07) is 0. The Kier molecular flexibility index (Phi) is 6.03. The molecule has 2 rings (SSSR count). The number of piperazine rings is 1. The van der Waals surface area contributed by atoms with Crippen LogP contribution in [0.25, 0.3) is 0 Å². The minimum atomic E-state index is 0.222. The monoisotopic (exact) mass is 270 g/mol. The van der Waals surface area contributed by atoms with E-state index < -0.39 is 0 Å². The summed E-state index contributed by atoms with van der Waals surface area (Å²) in [7, 11) is 0. The minimum Gasteiger partial charge on any atom is -0.395 e. The first-order chi connectivity index (χ1) is 9.29. The number of hydrogen-bond donors (Lipinski definition) is 2. The van der Waals surface area contributed by atoms with Gasteiger partial charge in [-0.1, -0.05) is 0 Å². The molecule has 2 N–H and O–H groups in total. The van der Waals surface area contributed by atoms with Gasteiger partial charge in [-0.05, 0) is 13.0 Å². The largest absolute Gasteiger partial charge is 0.395 e. The Balaban J connectivity index is 1.70. The number of hydrogen-bond acceptors (Lipinski definition) is 5. The summed E-state index contributed by atoms with van der Waals surface area (Å²) < 4.78 is 0. The van der Waals surface area contributed by atoms with E-state index in [1.54, 1.807) is 0 Å². The Labute approximate surface area is 115 Å². The van der Waals surface area contributed by atoms with Crippen molar-refractivity contribution in [2.75, 3.05) is 72.1 Å². The van der Waals surface area contributed by atoms with E-state index in [1.165, 1.54) is 0 Å². The van der Waals surface area contributed by atoms with Crippen LogP contribution in [0.4, 0.5) is 0 Å². The lowest BCUT2D eigenvalue weighted by atomic mass is 10.3. The van der Waals surface area contributed by atoms with Crippen LogP contribution in [0.1, 0.15) is 6.42 Å². The molecular formula is C13H26N4O2. The number of aliphatic hydroxyl groups is 1. The van der Waals surface area contributed by atoms with Crippen molar-refractivity contribution in [3.05, 3.63) is 0 Å². The molecule has 2 heterocycles. The van der Waals surface area contributed by atoms with Crippen molar-refractivity contribution in [1.82, 2.24) is 20.0 Å². The summed E-state index contributed by atoms with van der Waals surface area (Å²) in [6.07, 6.45) is 1.05. The van der Waals surface area contributed by atoms with Gasteiger partial charge in [-0.15, -0.1) is 0 Å². The lowest BCUT2D eigenvalue weighted by Gasteiger charge is -2.34. The molecular weight excluding hydrogens is 244 g/mol. The summed E-state index contributed by atoms with van der Waals surface area (Å²) in [5, 5.41) is 12.2. The number of nitrogens with one attached hydrogen (secondary N) is 1. The first kappa shape index (κ1) is 14.7. The van der Waals surface area contributed by atoms with Crippen LogP contribution in [0.2, 0.25) is 0 Å². The fourth-order valence-electron chi connectivity index (χ4n) is 2.70. The van der Waals surface area contributed by atoms with Crippen LogP contribution in [0.15, 0.2) is 0 Å². The van der Waals surface area contributed by atoms with Gasteiger partial charge in [0.15, 0.2) is 0 Å². The highest BCUT2D eigenvalue weighted by Gasteiger charge is 2.21. The first-order valence-corrected chi connectivity index (χ1v) is 7.33. The quantitative estimate of drug-likeness (QED) is 0.646. The average molecular weight is 270 g/mol. The molecule has 6 nitrogen and oxygen atoms in total. The van der Waals surface area contributed by atoms with E-state index in [-0.39, 0.29) is 12.5 Å². The van der Waals surface area contributed by atoms with Gasteiger partial charge in [-0.25, -0.2) is 0 Å². The van der Waals surface area contributed by atoms with Crippen LogP contribution in [0.5, 0.6) is 0 Å². The van der Waals surface area contributed by atoms with Crippen LogP contribution in [-0.2, 0) is 4.79 Å². The second kappa shape index (κ2) is 7.79. The van der Waals surface area contributed by atoms with Gasteiger partial charge in [-0.3, -0.25) is 14.6 Å². The van der Waals surface area contributed by atoms with E-state index in [1.807, 2.05) is 4.90 Å². The Morgan fingerprint density at radius 1 is 1.00 bits per heavy atom. The summed E-state index contributed by atoms with van der Waals surface area (Å²) >= 11 is 0. The van der Waals surface area contributed by atoms with Crippen molar-refractivity contribution in [2.45, 2.75) is 6.42 Å². The summed E-state index contributed by atoms with van der Waals surface area (Å²) in [5.74, 6) is 0.263. The lowest BCUT2D eigenvalue weighted by Crippen LogP contribution is -2.50. The van der Waals surface area contributed by atoms with Crippen molar-refractivity contribution in [2.24, 2.45) is 0 Å². The highest BCUT2D eigenvalue weighted by atomic mass is 16.3. The SMILES string of the molecule is O=C(CN1CCN(CCO)CC1)N1CCCNCC1. The molecule has 0 bridgehead atoms. The fraction of sp³-hybridized carbons (Fsp3) is 0.923. The zero-order valence-corrected chi connectivity index (χ0v) is 11.7. The first-order valence-electron chi connectivity index (χ1n) is 7.33. The standard InChI is InChI=1S/C13H26N4O2/c18-11-10-15-6-8-16(9-7-15)12-13(19)17-4-1-2-14-3-5-17/h14,18H,1-12H2. The van der Waals surface area contributed by atoms with E-state index in [2.05, 4.69) is 15.1 Å². The van der Waals surface area contributed by atoms with Crippen LogP contribution in [0, 0.1) is 0 Å². The molecule has 1 amide bonds. The molecule has 2 saturated heterocycles. The zero-order valence-electron chi connectivity index (χ0n) is 11.7. The minimum absolute atomic E-state index is 0.222. The van der Waals surface area contributed by atoms with Gasteiger partial charge in [0.25, 0.3) is 0 Å². The van der Waals surface area contributed by atoms with Gasteiger partial charge in [0.2, 0.25) is 5.91 Å². The highest BCUT2D eigenvalue weighted by Crippen LogP contribution is 2.03. The maximum Gasteiger partial charge on any atom is 0.236 e. The summed E-state index contributed by atoms with van der Waals surface area (Å²) in [6.45, 7) is 8.94. The summed E-state index contributed by atoms with van der Waals surface area (Å²) in [5.41, 5.74) is 0. The Hall–Kier alpha value is -0.690. The summed E-state index contributed by atoms with van der Waals surface area (Å²) in [4.78, 5) is 18.7. The van der Waals surface area contributed by atoms with E-state index in [4.69, 9.17) is 5.11 Å². The fourth-order valence-corrected chi connectivity index (χ4v) is 2.70. The van der Waals surface area contributed by atoms with Gasteiger partial charge < -0.3 is 15.3 Å². The number of carbonyl (C=O) groups is 1. The third kappa shape index (κ3) is 4.72. The maximum absolute atomic E-state index is 12.2. The Morgan fingerprint density at radius 3 is 2.47 bits per heavy atom. The van der Waals surface area contributed by atoms with Crippen molar-refractivity contribution < 1.29 is 9.90 Å². The zero-order chi connectivity index (χ0) is 13.5. The van der Waals surface area contributed by atoms with Crippen LogP contribution in [0.3, 0.4) is 0 Å². The molecule has 6 heteroatoms. The smallest absolute Gasteiger partial charge is 0.236 e. The van der Waals surface area contributed by atoms with Gasteiger partial charge in [0.05, 0.1) is 13.2 Å². The van der Waals surface area contributed by atoms with Crippen molar-refractivity contribution in [3.8, 4) is 0 Å². The van der Waals surface area contributed by atoms with E-state index in [0.29, 0.717) is 6.54 Å². The van der Waals surface area contributed by atoms with E-state index in [9.17, 15) is 4.79 Å². The normalized spacial score (nSPS) is 23.3. The molecule has 0 radical (unpaired) electrons. The second-order valence-electron chi connectivity index (χ2n) is 5.33. The second-order valence-corrected chi connectivity index (χ2v) is 5.33. The van der Waals surface area contributed by atoms with Gasteiger partial charge in [-0.2, -0.15) is 0 Å². The van der Waals surface area contributed by atoms with Crippen molar-refractivity contribution in [1.29, 1.82) is 0 Å². The molecule has 0 unspecified atom stereocenters. The molecule has 0 aliphatic carbocycles. The topological polar surface area (TPSA) is 59.1 Å². The van der Waals surface area contributed by atoms with Crippen molar-refractivity contribution >= 4 is 5.91 Å². The molecule has 0 aromatic carbocycles. The van der Waals surface area contributed by atoms with E-state index in [0.717, 1.165) is 65.3 Å². The number of amides is 1. The number of β-amino-alcohol motifs (C(OH)–C–C–N with tert-alkyl or cyclic N) is 1. The third-order valence-corrected chi connectivity index (χ3v) is 3.93. The Bertz CT molecular complexity index is 272. The molecule has 2 aliphatic rings. The Morgan fingerprint density at radius 2 is 1.74 bits per heavy atom. The molecule has 0 atom stereocenters. The van der Waals surface area contributed by atoms with Crippen LogP contribution >= 0.6 is 0 Å². The van der Waals surface area contributed by atoms with Gasteiger partial charge in [0.1, 0.15) is 0 Å². The predicted molar refractivity (Wildman–Crippen MR) is 74.0 cm³/mol. The molecule has 0 saturated carbocycles. The molecule has 2 aliphatic heterocycles. The molecule has 2 fully saturated rings. The van der Waals surface area contributed by atoms with Crippen molar-refractivity contribution in [3.63, 3.8) is 0 Å². The molecule has 19 heavy (non-hydrogen) atoms. The highest BCUT2D eigenvalue weighted by molar-refractivity contribution is 5.78. The van der Waals surface area contributed by atoms with E-state index >= 15 is 0 Å². The number of aliphatic hydroxyl groups excluding tert-OH is 1. The van der Waals surface area contributed by atoms with Gasteiger partial charge >= 0.3 is 0 Å². The number of carbonyl (C=O) groups excluding carboxylic acids is 1. The number of nitrogens with zero attached hydrogens (tertiary/aromatic N) is 3. The molecule has 110 valence electrons. The number of rotatable bonds is 4. The molecule has 0 aromatic heterocycles. The molecule has 0 spiro atoms. The lowest BCUT2D eigenvalue weighted by molar-refractivity contribution is -0.132. The predicted octanol–water partition coefficient (Wildman–Crippen LogP) is -1.58. The third-order valence-electron chi connectivity index (χ3n) is 3.93. The van der Waals surface area contributed by atoms with Crippen LogP contribution in [-0.4, -0.2) is 97.8 Å². The maximum atomic E-state index is 12.2. The van der Waals surface area contributed by atoms with Gasteiger partial charge in [0, 0.05) is 52.4 Å². The van der Waals surface area contributed by atoms with Crippen LogP contribution < -0.4 is 5.32 Å².